The van der Waals surface area contributed by atoms with Crippen molar-refractivity contribution in [2.24, 2.45) is 5.10 Å². The van der Waals surface area contributed by atoms with Gasteiger partial charge in [0, 0.05) is 5.69 Å². The Bertz CT molecular complexity index is 1380. The SMILES string of the molecule is O=C(NN=Cc1cccc(OCc2cccc3ccccc23)c1)C(=O)Nc1ccc(Cl)c(Cl)c1. The normalized spacial score (nSPS) is 10.9. The lowest BCUT2D eigenvalue weighted by Gasteiger charge is -2.09. The van der Waals surface area contributed by atoms with Gasteiger partial charge in [0.2, 0.25) is 0 Å². The van der Waals surface area contributed by atoms with Crippen LogP contribution >= 0.6 is 23.2 Å². The molecule has 4 aromatic carbocycles. The molecule has 0 heterocycles. The second-order valence-electron chi connectivity index (χ2n) is 7.28. The van der Waals surface area contributed by atoms with Crippen LogP contribution in [0.3, 0.4) is 0 Å². The molecule has 0 aliphatic carbocycles. The van der Waals surface area contributed by atoms with E-state index < -0.39 is 11.8 Å². The third-order valence-corrected chi connectivity index (χ3v) is 5.63. The topological polar surface area (TPSA) is 79.8 Å². The van der Waals surface area contributed by atoms with Gasteiger partial charge in [-0.3, -0.25) is 9.59 Å². The van der Waals surface area contributed by atoms with Crippen molar-refractivity contribution >= 4 is 57.7 Å². The standard InChI is InChI=1S/C26H19Cl2N3O3/c27-23-12-11-20(14-24(23)28)30-25(32)26(33)31-29-15-17-5-3-9-21(13-17)34-16-19-8-4-7-18-6-1-2-10-22(18)19/h1-15H,16H2,(H,30,32)(H,31,33). The molecule has 0 fully saturated rings. The van der Waals surface area contributed by atoms with Crippen LogP contribution in [0.1, 0.15) is 11.1 Å². The minimum atomic E-state index is -0.925. The Labute approximate surface area is 206 Å². The van der Waals surface area contributed by atoms with Crippen LogP contribution < -0.4 is 15.5 Å². The molecule has 6 nitrogen and oxygen atoms in total. The number of carbonyl (C=O) groups excluding carboxylic acids is 2. The van der Waals surface area contributed by atoms with Crippen molar-refractivity contribution in [2.45, 2.75) is 6.61 Å². The van der Waals surface area contributed by atoms with Crippen LogP contribution in [0.4, 0.5) is 5.69 Å². The van der Waals surface area contributed by atoms with Gasteiger partial charge >= 0.3 is 11.8 Å². The number of hydrogen-bond acceptors (Lipinski definition) is 4. The Morgan fingerprint density at radius 3 is 2.50 bits per heavy atom. The van der Waals surface area contributed by atoms with Gasteiger partial charge in [-0.25, -0.2) is 5.43 Å². The zero-order valence-corrected chi connectivity index (χ0v) is 19.3. The first kappa shape index (κ1) is 23.3. The largest absolute Gasteiger partial charge is 0.489 e. The van der Waals surface area contributed by atoms with E-state index in [0.29, 0.717) is 28.6 Å². The average molecular weight is 492 g/mol. The highest BCUT2D eigenvalue weighted by atomic mass is 35.5. The van der Waals surface area contributed by atoms with Gasteiger partial charge in [-0.2, -0.15) is 5.10 Å². The fourth-order valence-corrected chi connectivity index (χ4v) is 3.54. The Morgan fingerprint density at radius 2 is 1.65 bits per heavy atom. The van der Waals surface area contributed by atoms with Crippen LogP contribution in [-0.4, -0.2) is 18.0 Å². The van der Waals surface area contributed by atoms with Crippen LogP contribution in [0.5, 0.6) is 5.75 Å². The van der Waals surface area contributed by atoms with Crippen molar-refractivity contribution in [3.05, 3.63) is 106 Å². The molecule has 34 heavy (non-hydrogen) atoms. The second-order valence-corrected chi connectivity index (χ2v) is 8.10. The molecule has 0 bridgehead atoms. The van der Waals surface area contributed by atoms with Crippen LogP contribution in [0.2, 0.25) is 10.0 Å². The molecule has 2 amide bonds. The average Bonchev–Trinajstić information content (AvgIpc) is 2.85. The van der Waals surface area contributed by atoms with Gasteiger partial charge in [-0.1, -0.05) is 77.8 Å². The van der Waals surface area contributed by atoms with Gasteiger partial charge in [0.25, 0.3) is 0 Å². The summed E-state index contributed by atoms with van der Waals surface area (Å²) in [5.74, 6) is -1.16. The van der Waals surface area contributed by atoms with E-state index in [-0.39, 0.29) is 5.02 Å². The highest BCUT2D eigenvalue weighted by Gasteiger charge is 2.13. The number of nitrogens with one attached hydrogen (secondary N) is 2. The summed E-state index contributed by atoms with van der Waals surface area (Å²) in [6.45, 7) is 0.410. The minimum absolute atomic E-state index is 0.264. The zero-order chi connectivity index (χ0) is 23.9. The Balaban J connectivity index is 1.33. The number of benzene rings is 4. The van der Waals surface area contributed by atoms with Crippen LogP contribution in [0.25, 0.3) is 10.8 Å². The van der Waals surface area contributed by atoms with E-state index in [4.69, 9.17) is 27.9 Å². The number of halogens is 2. The number of hydrazone groups is 1. The van der Waals surface area contributed by atoms with Gasteiger partial charge in [0.15, 0.2) is 0 Å². The number of nitrogens with zero attached hydrogens (tertiary/aromatic N) is 1. The van der Waals surface area contributed by atoms with Crippen LogP contribution in [-0.2, 0) is 16.2 Å². The van der Waals surface area contributed by atoms with E-state index in [1.807, 2.05) is 36.4 Å². The Hall–Kier alpha value is -3.87. The smallest absolute Gasteiger partial charge is 0.329 e. The summed E-state index contributed by atoms with van der Waals surface area (Å²) < 4.78 is 5.96. The highest BCUT2D eigenvalue weighted by molar-refractivity contribution is 6.43. The first-order chi connectivity index (χ1) is 16.5. The van der Waals surface area contributed by atoms with E-state index in [2.05, 4.69) is 34.0 Å². The molecular formula is C26H19Cl2N3O3. The molecule has 0 aromatic heterocycles. The van der Waals surface area contributed by atoms with Crippen LogP contribution in [0, 0.1) is 0 Å². The molecule has 8 heteroatoms. The number of hydrogen-bond donors (Lipinski definition) is 2. The number of fused-ring (bicyclic) bond motifs is 1. The molecule has 0 radical (unpaired) electrons. The molecule has 0 atom stereocenters. The van der Waals surface area contributed by atoms with Crippen molar-refractivity contribution in [2.75, 3.05) is 5.32 Å². The molecule has 2 N–H and O–H groups in total. The van der Waals surface area contributed by atoms with Crippen molar-refractivity contribution in [3.63, 3.8) is 0 Å². The van der Waals surface area contributed by atoms with Gasteiger partial charge in [-0.15, -0.1) is 0 Å². The van der Waals surface area contributed by atoms with Crippen molar-refractivity contribution in [1.29, 1.82) is 0 Å². The second kappa shape index (κ2) is 10.8. The maximum atomic E-state index is 12.0. The van der Waals surface area contributed by atoms with E-state index >= 15 is 0 Å². The lowest BCUT2D eigenvalue weighted by atomic mass is 10.1. The van der Waals surface area contributed by atoms with Gasteiger partial charge in [0.1, 0.15) is 12.4 Å². The summed E-state index contributed by atoms with van der Waals surface area (Å²) in [5.41, 5.74) is 4.31. The molecule has 4 aromatic rings. The molecule has 0 aliphatic rings. The summed E-state index contributed by atoms with van der Waals surface area (Å²) in [4.78, 5) is 24.0. The number of rotatable bonds is 6. The molecule has 0 unspecified atom stereocenters. The monoisotopic (exact) mass is 491 g/mol. The van der Waals surface area contributed by atoms with Crippen molar-refractivity contribution in [1.82, 2.24) is 5.43 Å². The summed E-state index contributed by atoms with van der Waals surface area (Å²) >= 11 is 11.7. The molecule has 0 saturated carbocycles. The van der Waals surface area contributed by atoms with Gasteiger partial charge in [-0.05, 0) is 52.2 Å². The molecule has 4 rings (SSSR count). The predicted octanol–water partition coefficient (Wildman–Crippen LogP) is 5.81. The number of carbonyl (C=O) groups is 2. The third-order valence-electron chi connectivity index (χ3n) is 4.90. The molecule has 0 spiro atoms. The maximum absolute atomic E-state index is 12.0. The molecule has 170 valence electrons. The minimum Gasteiger partial charge on any atom is -0.489 e. The number of ether oxygens (including phenoxy) is 1. The van der Waals surface area contributed by atoms with E-state index in [1.165, 1.54) is 24.4 Å². The van der Waals surface area contributed by atoms with Crippen LogP contribution in [0.15, 0.2) is 90.0 Å². The lowest BCUT2D eigenvalue weighted by Crippen LogP contribution is -2.32. The number of anilines is 1. The fourth-order valence-electron chi connectivity index (χ4n) is 3.24. The maximum Gasteiger partial charge on any atom is 0.329 e. The first-order valence-electron chi connectivity index (χ1n) is 10.3. The molecule has 0 saturated heterocycles. The van der Waals surface area contributed by atoms with Crippen molar-refractivity contribution < 1.29 is 14.3 Å². The fraction of sp³-hybridized carbons (Fsp3) is 0.0385. The Kier molecular flexibility index (Phi) is 7.42. The molecule has 0 aliphatic heterocycles. The third kappa shape index (κ3) is 5.92. The number of amides is 2. The highest BCUT2D eigenvalue weighted by Crippen LogP contribution is 2.25. The van der Waals surface area contributed by atoms with Gasteiger partial charge < -0.3 is 10.1 Å². The Morgan fingerprint density at radius 1 is 0.853 bits per heavy atom. The van der Waals surface area contributed by atoms with E-state index in [0.717, 1.165) is 16.3 Å². The summed E-state index contributed by atoms with van der Waals surface area (Å²) in [5, 5.41) is 9.18. The summed E-state index contributed by atoms with van der Waals surface area (Å²) in [6.07, 6.45) is 1.43. The quantitative estimate of drug-likeness (QED) is 0.202. The molecular weight excluding hydrogens is 473 g/mol. The van der Waals surface area contributed by atoms with E-state index in [1.54, 1.807) is 12.1 Å². The lowest BCUT2D eigenvalue weighted by molar-refractivity contribution is -0.136. The summed E-state index contributed by atoms with van der Waals surface area (Å²) in [7, 11) is 0. The predicted molar refractivity (Wildman–Crippen MR) is 136 cm³/mol. The zero-order valence-electron chi connectivity index (χ0n) is 17.8. The van der Waals surface area contributed by atoms with Gasteiger partial charge in [0.05, 0.1) is 16.3 Å². The van der Waals surface area contributed by atoms with E-state index in [9.17, 15) is 9.59 Å². The van der Waals surface area contributed by atoms with Crippen molar-refractivity contribution in [3.8, 4) is 5.75 Å². The first-order valence-corrected chi connectivity index (χ1v) is 11.0. The summed E-state index contributed by atoms with van der Waals surface area (Å²) in [6, 6.07) is 26.0.